The molecular weight excluding hydrogens is 352 g/mol. The summed E-state index contributed by atoms with van der Waals surface area (Å²) in [4.78, 5) is 20.6. The Morgan fingerprint density at radius 3 is 2.92 bits per heavy atom. The van der Waals surface area contributed by atoms with E-state index in [0.29, 0.717) is 6.04 Å². The van der Waals surface area contributed by atoms with E-state index in [1.165, 1.54) is 16.2 Å². The lowest BCUT2D eigenvalue weighted by molar-refractivity contribution is 0.0832. The SMILES string of the molecule is CN(C)C(=O)c1ccc(C2CCCN2Cc2ccc(C#CCO)s2)s1. The molecule has 1 N–H and O–H groups in total. The highest BCUT2D eigenvalue weighted by Crippen LogP contribution is 2.37. The molecule has 0 bridgehead atoms. The second kappa shape index (κ2) is 8.15. The number of thiophene rings is 2. The molecule has 0 aliphatic carbocycles. The molecule has 25 heavy (non-hydrogen) atoms. The molecule has 1 atom stereocenters. The molecule has 0 radical (unpaired) electrons. The van der Waals surface area contributed by atoms with Crippen LogP contribution in [0.5, 0.6) is 0 Å². The zero-order valence-corrected chi connectivity index (χ0v) is 16.1. The van der Waals surface area contributed by atoms with Crippen molar-refractivity contribution in [2.24, 2.45) is 0 Å². The third kappa shape index (κ3) is 4.31. The van der Waals surface area contributed by atoms with E-state index in [0.717, 1.165) is 29.3 Å². The Hall–Kier alpha value is -1.65. The molecule has 0 saturated carbocycles. The van der Waals surface area contributed by atoms with Crippen LogP contribution in [0, 0.1) is 11.8 Å². The minimum absolute atomic E-state index is 0.0751. The Morgan fingerprint density at radius 2 is 2.16 bits per heavy atom. The lowest BCUT2D eigenvalue weighted by Gasteiger charge is -2.22. The van der Waals surface area contributed by atoms with Gasteiger partial charge >= 0.3 is 0 Å². The summed E-state index contributed by atoms with van der Waals surface area (Å²) in [6.07, 6.45) is 2.32. The zero-order valence-electron chi connectivity index (χ0n) is 14.5. The lowest BCUT2D eigenvalue weighted by atomic mass is 10.2. The number of aliphatic hydroxyl groups excluding tert-OH is 1. The highest BCUT2D eigenvalue weighted by Gasteiger charge is 2.28. The topological polar surface area (TPSA) is 43.8 Å². The molecule has 2 aromatic rings. The quantitative estimate of drug-likeness (QED) is 0.836. The molecule has 132 valence electrons. The van der Waals surface area contributed by atoms with Crippen LogP contribution >= 0.6 is 22.7 Å². The number of aliphatic hydroxyl groups is 1. The van der Waals surface area contributed by atoms with Gasteiger partial charge in [0.05, 0.1) is 9.75 Å². The maximum atomic E-state index is 12.1. The number of carbonyl (C=O) groups excluding carboxylic acids is 1. The molecule has 0 spiro atoms. The van der Waals surface area contributed by atoms with Crippen molar-refractivity contribution < 1.29 is 9.90 Å². The molecule has 1 amide bonds. The lowest BCUT2D eigenvalue weighted by Crippen LogP contribution is -2.22. The monoisotopic (exact) mass is 374 g/mol. The Bertz CT molecular complexity index is 798. The van der Waals surface area contributed by atoms with Crippen molar-refractivity contribution in [2.75, 3.05) is 27.2 Å². The Balaban J connectivity index is 1.70. The van der Waals surface area contributed by atoms with Crippen LogP contribution in [0.15, 0.2) is 24.3 Å². The van der Waals surface area contributed by atoms with Crippen molar-refractivity contribution in [3.8, 4) is 11.8 Å². The largest absolute Gasteiger partial charge is 0.384 e. The summed E-state index contributed by atoms with van der Waals surface area (Å²) in [7, 11) is 3.58. The molecule has 1 unspecified atom stereocenters. The molecular formula is C19H22N2O2S2. The molecule has 1 aliphatic rings. The summed E-state index contributed by atoms with van der Waals surface area (Å²) in [6, 6.07) is 8.59. The van der Waals surface area contributed by atoms with Crippen LogP contribution in [0.4, 0.5) is 0 Å². The second-order valence-electron chi connectivity index (χ2n) is 6.26. The highest BCUT2D eigenvalue weighted by atomic mass is 32.1. The fourth-order valence-electron chi connectivity index (χ4n) is 3.06. The van der Waals surface area contributed by atoms with Crippen LogP contribution in [0.2, 0.25) is 0 Å². The molecule has 2 aromatic heterocycles. The van der Waals surface area contributed by atoms with Crippen LogP contribution in [0.3, 0.4) is 0 Å². The van der Waals surface area contributed by atoms with Crippen molar-refractivity contribution in [2.45, 2.75) is 25.4 Å². The van der Waals surface area contributed by atoms with E-state index < -0.39 is 0 Å². The van der Waals surface area contributed by atoms with Gasteiger partial charge in [0.1, 0.15) is 6.61 Å². The van der Waals surface area contributed by atoms with Crippen LogP contribution in [0.1, 0.15) is 43.2 Å². The van der Waals surface area contributed by atoms with Crippen LogP contribution in [-0.2, 0) is 6.54 Å². The fraction of sp³-hybridized carbons (Fsp3) is 0.421. The average molecular weight is 375 g/mol. The number of amides is 1. The van der Waals surface area contributed by atoms with Crippen LogP contribution < -0.4 is 0 Å². The minimum atomic E-state index is -0.103. The van der Waals surface area contributed by atoms with Gasteiger partial charge in [-0.1, -0.05) is 11.8 Å². The molecule has 0 aromatic carbocycles. The first-order chi connectivity index (χ1) is 12.1. The maximum Gasteiger partial charge on any atom is 0.263 e. The predicted octanol–water partition coefficient (Wildman–Crippen LogP) is 3.19. The fourth-order valence-corrected chi connectivity index (χ4v) is 5.17. The van der Waals surface area contributed by atoms with Gasteiger partial charge in [0.2, 0.25) is 0 Å². The first-order valence-electron chi connectivity index (χ1n) is 8.32. The van der Waals surface area contributed by atoms with Crippen molar-refractivity contribution in [1.29, 1.82) is 0 Å². The second-order valence-corrected chi connectivity index (χ2v) is 8.54. The van der Waals surface area contributed by atoms with Crippen molar-refractivity contribution in [3.05, 3.63) is 43.8 Å². The van der Waals surface area contributed by atoms with Crippen molar-refractivity contribution in [1.82, 2.24) is 9.80 Å². The van der Waals surface area contributed by atoms with Gasteiger partial charge in [0.25, 0.3) is 5.91 Å². The third-order valence-electron chi connectivity index (χ3n) is 4.25. The first-order valence-corrected chi connectivity index (χ1v) is 9.95. The smallest absolute Gasteiger partial charge is 0.263 e. The molecule has 3 rings (SSSR count). The van der Waals surface area contributed by atoms with Gasteiger partial charge in [-0.3, -0.25) is 9.69 Å². The van der Waals surface area contributed by atoms with Gasteiger partial charge in [-0.2, -0.15) is 0 Å². The van der Waals surface area contributed by atoms with Gasteiger partial charge < -0.3 is 10.0 Å². The molecule has 3 heterocycles. The maximum absolute atomic E-state index is 12.1. The van der Waals surface area contributed by atoms with E-state index >= 15 is 0 Å². The Labute approximate surface area is 156 Å². The standard InChI is InChI=1S/C19H22N2O2S2/c1-20(2)19(23)18-10-9-17(25-18)16-6-3-11-21(16)13-15-8-7-14(24-15)5-4-12-22/h7-10,16,22H,3,6,11-13H2,1-2H3. The highest BCUT2D eigenvalue weighted by molar-refractivity contribution is 7.14. The molecule has 6 heteroatoms. The van der Waals surface area contributed by atoms with Crippen LogP contribution in [0.25, 0.3) is 0 Å². The van der Waals surface area contributed by atoms with E-state index in [2.05, 4.69) is 28.9 Å². The number of likely N-dealkylation sites (tertiary alicyclic amines) is 1. The number of nitrogens with zero attached hydrogens (tertiary/aromatic N) is 2. The normalized spacial score (nSPS) is 17.3. The zero-order chi connectivity index (χ0) is 17.8. The summed E-state index contributed by atoms with van der Waals surface area (Å²) < 4.78 is 0. The van der Waals surface area contributed by atoms with Crippen molar-refractivity contribution in [3.63, 3.8) is 0 Å². The molecule has 1 aliphatic heterocycles. The summed E-state index contributed by atoms with van der Waals surface area (Å²) in [5, 5.41) is 8.80. The third-order valence-corrected chi connectivity index (χ3v) is 6.41. The van der Waals surface area contributed by atoms with Gasteiger partial charge in [-0.25, -0.2) is 0 Å². The Morgan fingerprint density at radius 1 is 1.32 bits per heavy atom. The van der Waals surface area contributed by atoms with E-state index in [9.17, 15) is 4.79 Å². The van der Waals surface area contributed by atoms with E-state index in [4.69, 9.17) is 5.11 Å². The summed E-state index contributed by atoms with van der Waals surface area (Å²) in [5.74, 6) is 5.74. The molecule has 1 fully saturated rings. The average Bonchev–Trinajstić information content (AvgIpc) is 3.33. The van der Waals surface area contributed by atoms with Gasteiger partial charge in [-0.15, -0.1) is 22.7 Å². The summed E-state index contributed by atoms with van der Waals surface area (Å²) in [5.41, 5.74) is 0. The van der Waals surface area contributed by atoms with E-state index in [1.54, 1.807) is 41.7 Å². The van der Waals surface area contributed by atoms with Crippen LogP contribution in [-0.4, -0.2) is 48.1 Å². The van der Waals surface area contributed by atoms with E-state index in [1.807, 2.05) is 12.1 Å². The van der Waals surface area contributed by atoms with Gasteiger partial charge in [0, 0.05) is 36.4 Å². The first kappa shape index (κ1) is 18.2. The number of hydrogen-bond acceptors (Lipinski definition) is 5. The number of carbonyl (C=O) groups is 1. The molecule has 4 nitrogen and oxygen atoms in total. The minimum Gasteiger partial charge on any atom is -0.384 e. The van der Waals surface area contributed by atoms with Gasteiger partial charge in [0.15, 0.2) is 0 Å². The summed E-state index contributed by atoms with van der Waals surface area (Å²) >= 11 is 3.30. The van der Waals surface area contributed by atoms with Crippen molar-refractivity contribution >= 4 is 28.6 Å². The number of hydrogen-bond donors (Lipinski definition) is 1. The van der Waals surface area contributed by atoms with E-state index in [-0.39, 0.29) is 12.5 Å². The Kier molecular flexibility index (Phi) is 5.92. The molecule has 1 saturated heterocycles. The number of rotatable bonds is 4. The summed E-state index contributed by atoms with van der Waals surface area (Å²) in [6.45, 7) is 1.88. The van der Waals surface area contributed by atoms with Gasteiger partial charge in [-0.05, 0) is 43.7 Å². The predicted molar refractivity (Wildman–Crippen MR) is 103 cm³/mol.